The molecule has 0 unspecified atom stereocenters. The van der Waals surface area contributed by atoms with E-state index >= 15 is 0 Å². The third kappa shape index (κ3) is 1.42. The highest BCUT2D eigenvalue weighted by molar-refractivity contribution is 6.27. The molecule has 0 atom stereocenters. The van der Waals surface area contributed by atoms with Crippen molar-refractivity contribution >= 4 is 17.3 Å². The number of carbonyl (C=O) groups is 2. The molecule has 3 nitrogen and oxygen atoms in total. The number of benzene rings is 1. The number of ketones is 2. The summed E-state index contributed by atoms with van der Waals surface area (Å²) in [5.74, 6) is 0.0240. The molecule has 2 N–H and O–H groups in total. The molecule has 0 fully saturated rings. The van der Waals surface area contributed by atoms with Gasteiger partial charge in [0.05, 0.1) is 0 Å². The van der Waals surface area contributed by atoms with Gasteiger partial charge in [-0.25, -0.2) is 0 Å². The topological polar surface area (TPSA) is 60.2 Å². The van der Waals surface area contributed by atoms with E-state index in [0.717, 1.165) is 36.8 Å². The maximum absolute atomic E-state index is 12.3. The summed E-state index contributed by atoms with van der Waals surface area (Å²) in [7, 11) is 0. The van der Waals surface area contributed by atoms with Gasteiger partial charge in [-0.3, -0.25) is 9.59 Å². The second-order valence-electron chi connectivity index (χ2n) is 4.63. The summed E-state index contributed by atoms with van der Waals surface area (Å²) in [5.41, 5.74) is 8.67. The van der Waals surface area contributed by atoms with E-state index in [0.29, 0.717) is 16.8 Å². The van der Waals surface area contributed by atoms with E-state index < -0.39 is 0 Å². The largest absolute Gasteiger partial charge is 0.399 e. The zero-order chi connectivity index (χ0) is 12.0. The third-order valence-electron chi connectivity index (χ3n) is 3.55. The summed E-state index contributed by atoms with van der Waals surface area (Å²) >= 11 is 0. The minimum absolute atomic E-state index is 0.00148. The molecule has 0 amide bonds. The fraction of sp³-hybridized carbons (Fsp3) is 0.286. The maximum Gasteiger partial charge on any atom is 0.190 e. The van der Waals surface area contributed by atoms with Gasteiger partial charge in [0.1, 0.15) is 0 Å². The molecule has 3 rings (SSSR count). The average molecular weight is 227 g/mol. The number of allylic oxidation sites excluding steroid dienone is 2. The van der Waals surface area contributed by atoms with Gasteiger partial charge < -0.3 is 5.73 Å². The lowest BCUT2D eigenvalue weighted by Gasteiger charge is -2.24. The third-order valence-corrected chi connectivity index (χ3v) is 3.55. The summed E-state index contributed by atoms with van der Waals surface area (Å²) < 4.78 is 0. The van der Waals surface area contributed by atoms with Crippen molar-refractivity contribution in [3.05, 3.63) is 40.5 Å². The molecule has 0 bridgehead atoms. The van der Waals surface area contributed by atoms with E-state index in [1.165, 1.54) is 0 Å². The van der Waals surface area contributed by atoms with Gasteiger partial charge in [0, 0.05) is 28.0 Å². The molecule has 0 aromatic heterocycles. The highest BCUT2D eigenvalue weighted by Gasteiger charge is 2.32. The molecule has 1 aromatic rings. The number of nitrogens with two attached hydrogens (primary N) is 1. The molecule has 0 saturated carbocycles. The van der Waals surface area contributed by atoms with Crippen LogP contribution in [-0.2, 0) is 0 Å². The molecule has 0 heterocycles. The number of hydrogen-bond acceptors (Lipinski definition) is 3. The van der Waals surface area contributed by atoms with Crippen molar-refractivity contribution in [2.24, 2.45) is 0 Å². The molecule has 0 spiro atoms. The standard InChI is InChI=1S/C14H13NO2/c15-8-5-6-11-12(7-8)14(17)10-4-2-1-3-9(10)13(11)16/h5-7H,1-4,15H2. The second kappa shape index (κ2) is 3.55. The number of anilines is 1. The van der Waals surface area contributed by atoms with Crippen LogP contribution in [0.1, 0.15) is 46.4 Å². The summed E-state index contributed by atoms with van der Waals surface area (Å²) in [4.78, 5) is 24.5. The van der Waals surface area contributed by atoms with Gasteiger partial charge in [0.25, 0.3) is 0 Å². The lowest BCUT2D eigenvalue weighted by molar-refractivity contribution is 0.0964. The van der Waals surface area contributed by atoms with Crippen LogP contribution in [0, 0.1) is 0 Å². The first-order chi connectivity index (χ1) is 8.18. The van der Waals surface area contributed by atoms with E-state index in [-0.39, 0.29) is 11.6 Å². The zero-order valence-electron chi connectivity index (χ0n) is 9.45. The normalized spacial score (nSPS) is 19.1. The Morgan fingerprint density at radius 2 is 1.47 bits per heavy atom. The lowest BCUT2D eigenvalue weighted by Crippen LogP contribution is -2.24. The first kappa shape index (κ1) is 10.3. The fourth-order valence-corrected chi connectivity index (χ4v) is 2.68. The monoisotopic (exact) mass is 227 g/mol. The highest BCUT2D eigenvalue weighted by Crippen LogP contribution is 2.35. The van der Waals surface area contributed by atoms with Gasteiger partial charge in [0.2, 0.25) is 0 Å². The molecule has 2 aliphatic rings. The SMILES string of the molecule is Nc1ccc2c(c1)C(=O)C1=C(CCCC1)C2=O. The van der Waals surface area contributed by atoms with E-state index in [1.807, 2.05) is 0 Å². The molecule has 17 heavy (non-hydrogen) atoms. The molecule has 86 valence electrons. The van der Waals surface area contributed by atoms with Crippen LogP contribution in [0.25, 0.3) is 0 Å². The Kier molecular flexibility index (Phi) is 2.15. The summed E-state index contributed by atoms with van der Waals surface area (Å²) in [6, 6.07) is 4.97. The van der Waals surface area contributed by atoms with Crippen molar-refractivity contribution in [3.63, 3.8) is 0 Å². The summed E-state index contributed by atoms with van der Waals surface area (Å²) in [6.45, 7) is 0. The van der Waals surface area contributed by atoms with Gasteiger partial charge in [-0.1, -0.05) is 0 Å². The Bertz CT molecular complexity index is 570. The van der Waals surface area contributed by atoms with Crippen LogP contribution in [0.15, 0.2) is 29.3 Å². The quantitative estimate of drug-likeness (QED) is 0.693. The molecular formula is C14H13NO2. The first-order valence-corrected chi connectivity index (χ1v) is 5.89. The Balaban J connectivity index is 2.22. The molecule has 0 aliphatic heterocycles. The van der Waals surface area contributed by atoms with Crippen molar-refractivity contribution in [2.75, 3.05) is 5.73 Å². The van der Waals surface area contributed by atoms with Crippen LogP contribution in [0.4, 0.5) is 5.69 Å². The van der Waals surface area contributed by atoms with Crippen molar-refractivity contribution in [1.82, 2.24) is 0 Å². The number of carbonyl (C=O) groups excluding carboxylic acids is 2. The van der Waals surface area contributed by atoms with E-state index in [2.05, 4.69) is 0 Å². The summed E-state index contributed by atoms with van der Waals surface area (Å²) in [5, 5.41) is 0. The van der Waals surface area contributed by atoms with E-state index in [9.17, 15) is 9.59 Å². The zero-order valence-corrected chi connectivity index (χ0v) is 9.45. The van der Waals surface area contributed by atoms with Gasteiger partial charge >= 0.3 is 0 Å². The molecule has 3 heteroatoms. The van der Waals surface area contributed by atoms with Crippen molar-refractivity contribution in [3.8, 4) is 0 Å². The van der Waals surface area contributed by atoms with Crippen molar-refractivity contribution in [2.45, 2.75) is 25.7 Å². The Morgan fingerprint density at radius 1 is 0.882 bits per heavy atom. The Morgan fingerprint density at radius 3 is 2.12 bits per heavy atom. The first-order valence-electron chi connectivity index (χ1n) is 5.89. The molecular weight excluding hydrogens is 214 g/mol. The van der Waals surface area contributed by atoms with Crippen LogP contribution < -0.4 is 5.73 Å². The van der Waals surface area contributed by atoms with Gasteiger partial charge in [-0.2, -0.15) is 0 Å². The van der Waals surface area contributed by atoms with E-state index in [4.69, 9.17) is 5.73 Å². The van der Waals surface area contributed by atoms with Crippen LogP contribution in [0.2, 0.25) is 0 Å². The van der Waals surface area contributed by atoms with Crippen LogP contribution in [0.3, 0.4) is 0 Å². The van der Waals surface area contributed by atoms with Gasteiger partial charge in [-0.05, 0) is 43.9 Å². The van der Waals surface area contributed by atoms with Gasteiger partial charge in [-0.15, -0.1) is 0 Å². The van der Waals surface area contributed by atoms with Crippen LogP contribution >= 0.6 is 0 Å². The molecule has 1 aromatic carbocycles. The highest BCUT2D eigenvalue weighted by atomic mass is 16.1. The molecule has 2 aliphatic carbocycles. The maximum atomic E-state index is 12.3. The molecule has 0 saturated heterocycles. The number of nitrogen functional groups attached to an aromatic ring is 1. The Hall–Kier alpha value is -1.90. The van der Waals surface area contributed by atoms with E-state index in [1.54, 1.807) is 18.2 Å². The predicted octanol–water partition coefficient (Wildman–Crippen LogP) is 2.52. The fourth-order valence-electron chi connectivity index (χ4n) is 2.68. The number of fused-ring (bicyclic) bond motifs is 1. The minimum Gasteiger partial charge on any atom is -0.399 e. The van der Waals surface area contributed by atoms with Crippen LogP contribution in [-0.4, -0.2) is 11.6 Å². The minimum atomic E-state index is 0.00148. The average Bonchev–Trinajstić information content (AvgIpc) is 2.36. The van der Waals surface area contributed by atoms with Crippen molar-refractivity contribution in [1.29, 1.82) is 0 Å². The van der Waals surface area contributed by atoms with Crippen LogP contribution in [0.5, 0.6) is 0 Å². The number of rotatable bonds is 0. The molecule has 0 radical (unpaired) electrons. The lowest BCUT2D eigenvalue weighted by atomic mass is 9.77. The number of hydrogen-bond donors (Lipinski definition) is 1. The summed E-state index contributed by atoms with van der Waals surface area (Å²) in [6.07, 6.45) is 3.47. The smallest absolute Gasteiger partial charge is 0.190 e. The Labute approximate surface area is 99.3 Å². The van der Waals surface area contributed by atoms with Crippen molar-refractivity contribution < 1.29 is 9.59 Å². The predicted molar refractivity (Wildman–Crippen MR) is 65.0 cm³/mol. The second-order valence-corrected chi connectivity index (χ2v) is 4.63. The number of Topliss-reactive ketones (excluding diaryl/α,β-unsaturated/α-hetero) is 2. The van der Waals surface area contributed by atoms with Gasteiger partial charge in [0.15, 0.2) is 11.6 Å².